The predicted octanol–water partition coefficient (Wildman–Crippen LogP) is 1.35. The lowest BCUT2D eigenvalue weighted by molar-refractivity contribution is 0.00859. The van der Waals surface area contributed by atoms with E-state index in [0.717, 1.165) is 45.3 Å². The molecule has 1 heterocycles. The van der Waals surface area contributed by atoms with Crippen molar-refractivity contribution in [3.63, 3.8) is 0 Å². The Kier molecular flexibility index (Phi) is 6.26. The summed E-state index contributed by atoms with van der Waals surface area (Å²) in [4.78, 5) is 0. The third-order valence-corrected chi connectivity index (χ3v) is 5.95. The normalized spacial score (nSPS) is 24.2. The van der Waals surface area contributed by atoms with Gasteiger partial charge >= 0.3 is 0 Å². The first-order valence-electron chi connectivity index (χ1n) is 7.87. The number of likely N-dealkylation sites (N-methyl/N-ethyl adjacent to an activating group) is 1. The van der Waals surface area contributed by atoms with Crippen molar-refractivity contribution in [1.29, 1.82) is 0 Å². The Morgan fingerprint density at radius 3 is 2.65 bits per heavy atom. The molecular weight excluding hydrogens is 276 g/mol. The summed E-state index contributed by atoms with van der Waals surface area (Å²) >= 11 is 0. The van der Waals surface area contributed by atoms with Crippen LogP contribution in [-0.2, 0) is 14.8 Å². The summed E-state index contributed by atoms with van der Waals surface area (Å²) in [7, 11) is -1.44. The molecule has 1 saturated heterocycles. The van der Waals surface area contributed by atoms with Gasteiger partial charge in [-0.2, -0.15) is 0 Å². The van der Waals surface area contributed by atoms with Crippen LogP contribution in [0.5, 0.6) is 0 Å². The summed E-state index contributed by atoms with van der Waals surface area (Å²) in [5.41, 5.74) is 0. The van der Waals surface area contributed by atoms with Crippen molar-refractivity contribution < 1.29 is 13.2 Å². The lowest BCUT2D eigenvalue weighted by Crippen LogP contribution is -2.38. The zero-order chi connectivity index (χ0) is 14.4. The molecule has 20 heavy (non-hydrogen) atoms. The number of hydrogen-bond acceptors (Lipinski definition) is 4. The largest absolute Gasteiger partial charge is 0.377 e. The second kappa shape index (κ2) is 7.73. The molecule has 2 rings (SSSR count). The van der Waals surface area contributed by atoms with E-state index in [4.69, 9.17) is 4.74 Å². The smallest absolute Gasteiger partial charge is 0.213 e. The van der Waals surface area contributed by atoms with Gasteiger partial charge in [-0.25, -0.2) is 12.7 Å². The minimum atomic E-state index is -3.12. The van der Waals surface area contributed by atoms with Gasteiger partial charge in [-0.1, -0.05) is 0 Å². The minimum absolute atomic E-state index is 0.0834. The summed E-state index contributed by atoms with van der Waals surface area (Å²) in [6.45, 7) is 2.21. The summed E-state index contributed by atoms with van der Waals surface area (Å²) in [6, 6.07) is 0.706. The highest BCUT2D eigenvalue weighted by molar-refractivity contribution is 7.89. The van der Waals surface area contributed by atoms with E-state index in [-0.39, 0.29) is 11.9 Å². The zero-order valence-electron chi connectivity index (χ0n) is 12.5. The van der Waals surface area contributed by atoms with E-state index >= 15 is 0 Å². The average molecular weight is 304 g/mol. The summed E-state index contributed by atoms with van der Waals surface area (Å²) in [6.07, 6.45) is 7.53. The van der Waals surface area contributed by atoms with Crippen molar-refractivity contribution in [3.8, 4) is 0 Å². The number of hydrogen-bond donors (Lipinski definition) is 1. The Balaban J connectivity index is 1.62. The Hall–Kier alpha value is -0.170. The van der Waals surface area contributed by atoms with Gasteiger partial charge in [0.15, 0.2) is 0 Å². The van der Waals surface area contributed by atoms with Crippen LogP contribution in [0.15, 0.2) is 0 Å². The topological polar surface area (TPSA) is 58.6 Å². The molecule has 1 atom stereocenters. The van der Waals surface area contributed by atoms with E-state index in [9.17, 15) is 8.42 Å². The fraction of sp³-hybridized carbons (Fsp3) is 1.00. The van der Waals surface area contributed by atoms with Gasteiger partial charge in [0.2, 0.25) is 10.0 Å². The maximum absolute atomic E-state index is 12.2. The Bertz CT molecular complexity index is 376. The molecule has 0 radical (unpaired) electrons. The molecule has 1 saturated carbocycles. The van der Waals surface area contributed by atoms with Crippen molar-refractivity contribution in [2.75, 3.05) is 32.5 Å². The zero-order valence-corrected chi connectivity index (χ0v) is 13.3. The molecule has 5 nitrogen and oxygen atoms in total. The predicted molar refractivity (Wildman–Crippen MR) is 80.3 cm³/mol. The Morgan fingerprint density at radius 2 is 2.00 bits per heavy atom. The second-order valence-corrected chi connectivity index (χ2v) is 8.22. The number of nitrogens with zero attached hydrogens (tertiary/aromatic N) is 1. The van der Waals surface area contributed by atoms with Crippen molar-refractivity contribution in [2.24, 2.45) is 0 Å². The van der Waals surface area contributed by atoms with E-state index in [1.165, 1.54) is 17.1 Å². The van der Waals surface area contributed by atoms with Crippen LogP contribution >= 0.6 is 0 Å². The van der Waals surface area contributed by atoms with Gasteiger partial charge in [0.25, 0.3) is 0 Å². The fourth-order valence-corrected chi connectivity index (χ4v) is 3.78. The summed E-state index contributed by atoms with van der Waals surface area (Å²) < 4.78 is 31.4. The molecule has 0 aromatic rings. The van der Waals surface area contributed by atoms with E-state index < -0.39 is 10.0 Å². The van der Waals surface area contributed by atoms with Crippen LogP contribution in [0.25, 0.3) is 0 Å². The Morgan fingerprint density at radius 1 is 1.20 bits per heavy atom. The minimum Gasteiger partial charge on any atom is -0.377 e. The monoisotopic (exact) mass is 304 g/mol. The van der Waals surface area contributed by atoms with Crippen LogP contribution in [0.3, 0.4) is 0 Å². The van der Waals surface area contributed by atoms with Crippen LogP contribution < -0.4 is 5.32 Å². The molecule has 0 amide bonds. The first kappa shape index (κ1) is 16.2. The molecule has 2 aliphatic rings. The van der Waals surface area contributed by atoms with Gasteiger partial charge in [0.05, 0.1) is 11.9 Å². The van der Waals surface area contributed by atoms with E-state index in [2.05, 4.69) is 5.32 Å². The molecule has 6 heteroatoms. The van der Waals surface area contributed by atoms with Gasteiger partial charge in [-0.3, -0.25) is 0 Å². The fourth-order valence-electron chi connectivity index (χ4n) is 2.51. The van der Waals surface area contributed by atoms with Crippen LogP contribution in [-0.4, -0.2) is 57.4 Å². The molecule has 0 aromatic heterocycles. The average Bonchev–Trinajstić information content (AvgIpc) is 3.23. The third-order valence-electron chi connectivity index (χ3n) is 4.05. The van der Waals surface area contributed by atoms with Crippen LogP contribution in [0.4, 0.5) is 0 Å². The molecule has 1 N–H and O–H groups in total. The first-order chi connectivity index (χ1) is 9.58. The molecular formula is C14H28N2O3S. The second-order valence-electron chi connectivity index (χ2n) is 6.02. The molecule has 0 spiro atoms. The highest BCUT2D eigenvalue weighted by atomic mass is 32.2. The molecule has 0 bridgehead atoms. The highest BCUT2D eigenvalue weighted by Gasteiger charge is 2.23. The van der Waals surface area contributed by atoms with Crippen molar-refractivity contribution in [1.82, 2.24) is 9.62 Å². The van der Waals surface area contributed by atoms with Gasteiger partial charge in [-0.05, 0) is 51.5 Å². The molecule has 1 aliphatic carbocycles. The molecule has 0 aromatic carbocycles. The maximum atomic E-state index is 12.2. The third kappa shape index (κ3) is 5.68. The van der Waals surface area contributed by atoms with Gasteiger partial charge < -0.3 is 10.1 Å². The molecule has 1 aliphatic heterocycles. The van der Waals surface area contributed by atoms with Gasteiger partial charge in [0, 0.05) is 26.2 Å². The lowest BCUT2D eigenvalue weighted by Gasteiger charge is -2.27. The van der Waals surface area contributed by atoms with Gasteiger partial charge in [-0.15, -0.1) is 0 Å². The highest BCUT2D eigenvalue weighted by Crippen LogP contribution is 2.18. The quantitative estimate of drug-likeness (QED) is 0.653. The van der Waals surface area contributed by atoms with E-state index in [0.29, 0.717) is 12.6 Å². The SMILES string of the molecule is CN(CC1CCCCO1)S(=O)(=O)CCCCNC1CC1. The molecule has 118 valence electrons. The van der Waals surface area contributed by atoms with Crippen molar-refractivity contribution in [2.45, 2.75) is 57.1 Å². The maximum Gasteiger partial charge on any atom is 0.213 e. The molecule has 1 unspecified atom stereocenters. The van der Waals surface area contributed by atoms with Crippen molar-refractivity contribution >= 4 is 10.0 Å². The lowest BCUT2D eigenvalue weighted by atomic mass is 10.1. The number of unbranched alkanes of at least 4 members (excludes halogenated alkanes) is 1. The number of nitrogens with one attached hydrogen (secondary N) is 1. The standard InChI is InChI=1S/C14H28N2O3S/c1-16(12-14-6-2-4-10-19-14)20(17,18)11-5-3-9-15-13-7-8-13/h13-15H,2-12H2,1H3. The number of sulfonamides is 1. The van der Waals surface area contributed by atoms with Gasteiger partial charge in [0.1, 0.15) is 0 Å². The summed E-state index contributed by atoms with van der Waals surface area (Å²) in [5, 5.41) is 3.41. The van der Waals surface area contributed by atoms with Crippen LogP contribution in [0.1, 0.15) is 44.9 Å². The number of ether oxygens (including phenoxy) is 1. The van der Waals surface area contributed by atoms with E-state index in [1.54, 1.807) is 7.05 Å². The molecule has 2 fully saturated rings. The van der Waals surface area contributed by atoms with Crippen molar-refractivity contribution in [3.05, 3.63) is 0 Å². The summed E-state index contributed by atoms with van der Waals surface area (Å²) in [5.74, 6) is 0.253. The van der Waals surface area contributed by atoms with E-state index in [1.807, 2.05) is 0 Å². The Labute approximate surface area is 123 Å². The first-order valence-corrected chi connectivity index (χ1v) is 9.48. The van der Waals surface area contributed by atoms with Crippen LogP contribution in [0, 0.1) is 0 Å². The van der Waals surface area contributed by atoms with Crippen LogP contribution in [0.2, 0.25) is 0 Å². The number of rotatable bonds is 9.